The topological polar surface area (TPSA) is 3.24 Å². The van der Waals surface area contributed by atoms with Crippen LogP contribution in [-0.2, 0) is 0 Å². The first kappa shape index (κ1) is 8.55. The van der Waals surface area contributed by atoms with Crippen LogP contribution in [0.4, 0.5) is 0 Å². The monoisotopic (exact) mass is 167 g/mol. The molecule has 2 aliphatic rings. The summed E-state index contributed by atoms with van der Waals surface area (Å²) in [6, 6.07) is 0. The summed E-state index contributed by atoms with van der Waals surface area (Å²) >= 11 is 0. The molecule has 1 saturated heterocycles. The van der Waals surface area contributed by atoms with Gasteiger partial charge in [0.05, 0.1) is 0 Å². The number of hydrogen-bond donors (Lipinski definition) is 0. The normalized spacial score (nSPS) is 37.2. The van der Waals surface area contributed by atoms with Gasteiger partial charge in [-0.05, 0) is 45.4 Å². The highest BCUT2D eigenvalue weighted by atomic mass is 15.2. The summed E-state index contributed by atoms with van der Waals surface area (Å²) in [6.45, 7) is 9.76. The van der Waals surface area contributed by atoms with Gasteiger partial charge in [0, 0.05) is 18.6 Å². The highest BCUT2D eigenvalue weighted by Gasteiger charge is 2.39. The number of hydrogen-bond acceptors (Lipinski definition) is 1. The lowest BCUT2D eigenvalue weighted by Crippen LogP contribution is -2.39. The van der Waals surface area contributed by atoms with Crippen molar-refractivity contribution in [2.75, 3.05) is 13.1 Å². The van der Waals surface area contributed by atoms with Crippen molar-refractivity contribution >= 4 is 0 Å². The zero-order chi connectivity index (χ0) is 8.77. The molecule has 0 aromatic heterocycles. The van der Waals surface area contributed by atoms with E-state index in [4.69, 9.17) is 0 Å². The summed E-state index contributed by atoms with van der Waals surface area (Å²) in [4.78, 5) is 2.67. The van der Waals surface area contributed by atoms with E-state index in [9.17, 15) is 0 Å². The summed E-state index contributed by atoms with van der Waals surface area (Å²) in [7, 11) is 0. The minimum absolute atomic E-state index is 0.407. The second-order valence-electron chi connectivity index (χ2n) is 5.53. The Morgan fingerprint density at radius 2 is 1.50 bits per heavy atom. The lowest BCUT2D eigenvalue weighted by atomic mass is 10.0. The van der Waals surface area contributed by atoms with Crippen LogP contribution >= 0.6 is 0 Å². The average molecular weight is 167 g/mol. The van der Waals surface area contributed by atoms with Gasteiger partial charge in [0.2, 0.25) is 0 Å². The first-order chi connectivity index (χ1) is 5.57. The van der Waals surface area contributed by atoms with E-state index in [2.05, 4.69) is 25.7 Å². The summed E-state index contributed by atoms with van der Waals surface area (Å²) in [6.07, 6.45) is 4.49. The summed E-state index contributed by atoms with van der Waals surface area (Å²) in [5.41, 5.74) is 0.407. The van der Waals surface area contributed by atoms with E-state index >= 15 is 0 Å². The molecule has 1 aliphatic carbocycles. The molecular weight excluding hydrogens is 146 g/mol. The zero-order valence-corrected chi connectivity index (χ0v) is 8.64. The molecule has 0 amide bonds. The second kappa shape index (κ2) is 2.73. The minimum Gasteiger partial charge on any atom is -0.298 e. The zero-order valence-electron chi connectivity index (χ0n) is 8.64. The fraction of sp³-hybridized carbons (Fsp3) is 1.00. The van der Waals surface area contributed by atoms with Gasteiger partial charge < -0.3 is 0 Å². The molecule has 2 unspecified atom stereocenters. The van der Waals surface area contributed by atoms with Gasteiger partial charge in [-0.1, -0.05) is 6.42 Å². The Hall–Kier alpha value is -0.0400. The van der Waals surface area contributed by atoms with E-state index < -0.39 is 0 Å². The van der Waals surface area contributed by atoms with Crippen LogP contribution in [0.15, 0.2) is 0 Å². The SMILES string of the molecule is CC(C)(C)N1CC2CCCC2C1. The van der Waals surface area contributed by atoms with E-state index in [1.165, 1.54) is 32.4 Å². The van der Waals surface area contributed by atoms with Gasteiger partial charge in [-0.15, -0.1) is 0 Å². The first-order valence-electron chi connectivity index (χ1n) is 5.32. The fourth-order valence-corrected chi connectivity index (χ4v) is 2.78. The third-order valence-corrected chi connectivity index (χ3v) is 3.67. The maximum atomic E-state index is 2.67. The Morgan fingerprint density at radius 1 is 1.00 bits per heavy atom. The molecule has 1 nitrogen and oxygen atoms in total. The molecule has 2 fully saturated rings. The quantitative estimate of drug-likeness (QED) is 0.536. The van der Waals surface area contributed by atoms with Crippen LogP contribution in [0.5, 0.6) is 0 Å². The third-order valence-electron chi connectivity index (χ3n) is 3.67. The van der Waals surface area contributed by atoms with Crippen molar-refractivity contribution in [3.8, 4) is 0 Å². The van der Waals surface area contributed by atoms with Gasteiger partial charge in [-0.25, -0.2) is 0 Å². The summed E-state index contributed by atoms with van der Waals surface area (Å²) in [5, 5.41) is 0. The predicted octanol–water partition coefficient (Wildman–Crippen LogP) is 2.52. The molecule has 0 N–H and O–H groups in total. The molecule has 0 aromatic carbocycles. The van der Waals surface area contributed by atoms with Crippen LogP contribution in [0.3, 0.4) is 0 Å². The van der Waals surface area contributed by atoms with Gasteiger partial charge in [-0.2, -0.15) is 0 Å². The molecule has 0 aromatic rings. The van der Waals surface area contributed by atoms with Crippen molar-refractivity contribution in [2.45, 2.75) is 45.6 Å². The lowest BCUT2D eigenvalue weighted by Gasteiger charge is -2.32. The highest BCUT2D eigenvalue weighted by molar-refractivity contribution is 4.92. The molecule has 0 radical (unpaired) electrons. The first-order valence-corrected chi connectivity index (χ1v) is 5.32. The largest absolute Gasteiger partial charge is 0.298 e. The summed E-state index contributed by atoms with van der Waals surface area (Å²) in [5.74, 6) is 2.09. The van der Waals surface area contributed by atoms with Crippen LogP contribution in [0.1, 0.15) is 40.0 Å². The number of fused-ring (bicyclic) bond motifs is 1. The molecule has 2 atom stereocenters. The highest BCUT2D eigenvalue weighted by Crippen LogP contribution is 2.39. The van der Waals surface area contributed by atoms with E-state index in [0.717, 1.165) is 11.8 Å². The van der Waals surface area contributed by atoms with Crippen molar-refractivity contribution in [3.05, 3.63) is 0 Å². The molecular formula is C11H21N. The third kappa shape index (κ3) is 1.39. The summed E-state index contributed by atoms with van der Waals surface area (Å²) < 4.78 is 0. The Bertz CT molecular complexity index is 156. The number of nitrogens with zero attached hydrogens (tertiary/aromatic N) is 1. The van der Waals surface area contributed by atoms with Crippen LogP contribution in [0, 0.1) is 11.8 Å². The molecule has 70 valence electrons. The molecule has 1 heteroatoms. The number of likely N-dealkylation sites (tertiary alicyclic amines) is 1. The van der Waals surface area contributed by atoms with Crippen LogP contribution in [0.25, 0.3) is 0 Å². The Labute approximate surface area is 76.1 Å². The maximum Gasteiger partial charge on any atom is 0.0125 e. The molecule has 0 spiro atoms. The van der Waals surface area contributed by atoms with Gasteiger partial charge in [-0.3, -0.25) is 4.90 Å². The molecule has 1 saturated carbocycles. The van der Waals surface area contributed by atoms with E-state index in [-0.39, 0.29) is 0 Å². The van der Waals surface area contributed by atoms with E-state index in [1.807, 2.05) is 0 Å². The van der Waals surface area contributed by atoms with Gasteiger partial charge in [0.25, 0.3) is 0 Å². The standard InChI is InChI=1S/C11H21N/c1-11(2,3)12-7-9-5-4-6-10(9)8-12/h9-10H,4-8H2,1-3H3. The molecule has 1 heterocycles. The molecule has 1 aliphatic heterocycles. The van der Waals surface area contributed by atoms with Gasteiger partial charge >= 0.3 is 0 Å². The predicted molar refractivity (Wildman–Crippen MR) is 52.2 cm³/mol. The molecule has 12 heavy (non-hydrogen) atoms. The van der Waals surface area contributed by atoms with Crippen LogP contribution in [-0.4, -0.2) is 23.5 Å². The lowest BCUT2D eigenvalue weighted by molar-refractivity contribution is 0.161. The van der Waals surface area contributed by atoms with Crippen molar-refractivity contribution in [1.29, 1.82) is 0 Å². The average Bonchev–Trinajstić information content (AvgIpc) is 2.37. The minimum atomic E-state index is 0.407. The van der Waals surface area contributed by atoms with E-state index in [0.29, 0.717) is 5.54 Å². The second-order valence-corrected chi connectivity index (χ2v) is 5.53. The molecule has 0 bridgehead atoms. The van der Waals surface area contributed by atoms with Crippen LogP contribution < -0.4 is 0 Å². The Morgan fingerprint density at radius 3 is 1.92 bits per heavy atom. The van der Waals surface area contributed by atoms with Gasteiger partial charge in [0.1, 0.15) is 0 Å². The molecule has 2 rings (SSSR count). The van der Waals surface area contributed by atoms with Crippen molar-refractivity contribution < 1.29 is 0 Å². The maximum absolute atomic E-state index is 2.67. The van der Waals surface area contributed by atoms with E-state index in [1.54, 1.807) is 0 Å². The van der Waals surface area contributed by atoms with Crippen molar-refractivity contribution in [1.82, 2.24) is 4.90 Å². The van der Waals surface area contributed by atoms with Crippen LogP contribution in [0.2, 0.25) is 0 Å². The van der Waals surface area contributed by atoms with Gasteiger partial charge in [0.15, 0.2) is 0 Å². The van der Waals surface area contributed by atoms with Crippen molar-refractivity contribution in [2.24, 2.45) is 11.8 Å². The Balaban J connectivity index is 1.99. The Kier molecular flexibility index (Phi) is 1.95. The number of rotatable bonds is 0. The van der Waals surface area contributed by atoms with Crippen molar-refractivity contribution in [3.63, 3.8) is 0 Å². The smallest absolute Gasteiger partial charge is 0.0125 e. The fourth-order valence-electron chi connectivity index (χ4n) is 2.78.